The molecular weight excluding hydrogens is 316 g/mol. The van der Waals surface area contributed by atoms with Gasteiger partial charge in [-0.05, 0) is 44.9 Å². The van der Waals surface area contributed by atoms with E-state index in [2.05, 4.69) is 65.9 Å². The van der Waals surface area contributed by atoms with Crippen molar-refractivity contribution >= 4 is 15.9 Å². The topological polar surface area (TPSA) is 38.5 Å². The number of morpholine rings is 1. The lowest BCUT2D eigenvalue weighted by molar-refractivity contribution is -0.0972. The molecule has 3 atom stereocenters. The molecule has 0 saturated carbocycles. The van der Waals surface area contributed by atoms with Gasteiger partial charge in [0.15, 0.2) is 0 Å². The molecule has 1 aliphatic rings. The molecule has 0 radical (unpaired) electrons. The Labute approximate surface area is 130 Å². The molecule has 0 aromatic heterocycles. The number of benzene rings is 1. The lowest BCUT2D eigenvalue weighted by Gasteiger charge is -2.46. The number of ether oxygens (including phenoxy) is 1. The Morgan fingerprint density at radius 3 is 2.30 bits per heavy atom. The van der Waals surface area contributed by atoms with Crippen molar-refractivity contribution in [3.8, 4) is 0 Å². The van der Waals surface area contributed by atoms with Crippen LogP contribution in [-0.4, -0.2) is 42.3 Å². The van der Waals surface area contributed by atoms with Gasteiger partial charge in [0.1, 0.15) is 0 Å². The van der Waals surface area contributed by atoms with Crippen LogP contribution in [-0.2, 0) is 11.2 Å². The van der Waals surface area contributed by atoms with E-state index in [1.807, 2.05) is 0 Å². The molecule has 1 fully saturated rings. The molecule has 0 bridgehead atoms. The van der Waals surface area contributed by atoms with E-state index in [1.54, 1.807) is 0 Å². The molecule has 1 aromatic rings. The highest BCUT2D eigenvalue weighted by molar-refractivity contribution is 9.10. The molecule has 2 N–H and O–H groups in total. The average Bonchev–Trinajstić information content (AvgIpc) is 2.40. The highest BCUT2D eigenvalue weighted by atomic mass is 79.9. The van der Waals surface area contributed by atoms with Crippen LogP contribution in [0.5, 0.6) is 0 Å². The first-order chi connectivity index (χ1) is 9.43. The summed E-state index contributed by atoms with van der Waals surface area (Å²) >= 11 is 3.48. The summed E-state index contributed by atoms with van der Waals surface area (Å²) in [5, 5.41) is 0. The van der Waals surface area contributed by atoms with E-state index >= 15 is 0 Å². The van der Waals surface area contributed by atoms with Crippen molar-refractivity contribution in [3.63, 3.8) is 0 Å². The van der Waals surface area contributed by atoms with Gasteiger partial charge in [-0.3, -0.25) is 4.90 Å². The largest absolute Gasteiger partial charge is 0.373 e. The summed E-state index contributed by atoms with van der Waals surface area (Å²) in [7, 11) is 0. The lowest BCUT2D eigenvalue weighted by atomic mass is 9.89. The van der Waals surface area contributed by atoms with E-state index in [4.69, 9.17) is 10.5 Å². The van der Waals surface area contributed by atoms with E-state index in [1.165, 1.54) is 5.56 Å². The van der Waals surface area contributed by atoms with Gasteiger partial charge in [0.25, 0.3) is 0 Å². The number of nitrogens with two attached hydrogens (primary N) is 1. The van der Waals surface area contributed by atoms with Crippen molar-refractivity contribution in [2.75, 3.05) is 19.6 Å². The number of rotatable bonds is 4. The van der Waals surface area contributed by atoms with Crippen LogP contribution in [0, 0.1) is 0 Å². The summed E-state index contributed by atoms with van der Waals surface area (Å²) in [6.45, 7) is 9.10. The van der Waals surface area contributed by atoms with Gasteiger partial charge >= 0.3 is 0 Å². The zero-order chi connectivity index (χ0) is 14.8. The van der Waals surface area contributed by atoms with Crippen LogP contribution in [0.25, 0.3) is 0 Å². The Balaban J connectivity index is 2.13. The van der Waals surface area contributed by atoms with Crippen LogP contribution < -0.4 is 5.73 Å². The highest BCUT2D eigenvalue weighted by Gasteiger charge is 2.35. The van der Waals surface area contributed by atoms with E-state index in [0.717, 1.165) is 24.0 Å². The van der Waals surface area contributed by atoms with Gasteiger partial charge in [0.05, 0.1) is 12.2 Å². The minimum Gasteiger partial charge on any atom is -0.373 e. The summed E-state index contributed by atoms with van der Waals surface area (Å²) in [6, 6.07) is 8.53. The van der Waals surface area contributed by atoms with Crippen molar-refractivity contribution in [1.82, 2.24) is 4.90 Å². The summed E-state index contributed by atoms with van der Waals surface area (Å²) in [4.78, 5) is 2.49. The molecule has 20 heavy (non-hydrogen) atoms. The zero-order valence-corrected chi connectivity index (χ0v) is 14.2. The maximum absolute atomic E-state index is 6.11. The minimum absolute atomic E-state index is 0.0138. The second-order valence-corrected chi connectivity index (χ2v) is 7.08. The maximum atomic E-state index is 6.11. The van der Waals surface area contributed by atoms with Gasteiger partial charge in [-0.2, -0.15) is 0 Å². The predicted molar refractivity (Wildman–Crippen MR) is 86.9 cm³/mol. The number of hydrogen-bond acceptors (Lipinski definition) is 3. The fraction of sp³-hybridized carbons (Fsp3) is 0.625. The standard InChI is InChI=1S/C16H25BrN2O/c1-12-9-19(10-13(2)20-12)16(3,11-18)8-14-4-6-15(17)7-5-14/h4-7,12-13H,8-11,18H2,1-3H3/t12-,13+,16?. The maximum Gasteiger partial charge on any atom is 0.0678 e. The Morgan fingerprint density at radius 1 is 1.25 bits per heavy atom. The normalized spacial score (nSPS) is 27.2. The molecule has 0 aliphatic carbocycles. The highest BCUT2D eigenvalue weighted by Crippen LogP contribution is 2.25. The van der Waals surface area contributed by atoms with Crippen LogP contribution in [0.1, 0.15) is 26.3 Å². The number of nitrogens with zero attached hydrogens (tertiary/aromatic N) is 1. The van der Waals surface area contributed by atoms with E-state index in [9.17, 15) is 0 Å². The summed E-state index contributed by atoms with van der Waals surface area (Å²) in [5.41, 5.74) is 7.43. The van der Waals surface area contributed by atoms with Crippen molar-refractivity contribution < 1.29 is 4.74 Å². The van der Waals surface area contributed by atoms with Crippen LogP contribution >= 0.6 is 15.9 Å². The number of halogens is 1. The van der Waals surface area contributed by atoms with Crippen molar-refractivity contribution in [3.05, 3.63) is 34.3 Å². The smallest absolute Gasteiger partial charge is 0.0678 e. The summed E-state index contributed by atoms with van der Waals surface area (Å²) < 4.78 is 6.95. The number of hydrogen-bond donors (Lipinski definition) is 1. The first kappa shape index (κ1) is 16.0. The van der Waals surface area contributed by atoms with Crippen LogP contribution in [0.4, 0.5) is 0 Å². The third-order valence-corrected chi connectivity index (χ3v) is 4.65. The van der Waals surface area contributed by atoms with E-state index in [-0.39, 0.29) is 17.7 Å². The fourth-order valence-electron chi connectivity index (χ4n) is 2.97. The molecule has 0 spiro atoms. The first-order valence-electron chi connectivity index (χ1n) is 7.28. The van der Waals surface area contributed by atoms with Gasteiger partial charge in [-0.15, -0.1) is 0 Å². The molecular formula is C16H25BrN2O. The average molecular weight is 341 g/mol. The molecule has 1 aromatic carbocycles. The second-order valence-electron chi connectivity index (χ2n) is 6.17. The van der Waals surface area contributed by atoms with Crippen LogP contribution in [0.15, 0.2) is 28.7 Å². The zero-order valence-electron chi connectivity index (χ0n) is 12.6. The van der Waals surface area contributed by atoms with Crippen molar-refractivity contribution in [1.29, 1.82) is 0 Å². The Bertz CT molecular complexity index is 427. The van der Waals surface area contributed by atoms with Crippen LogP contribution in [0.3, 0.4) is 0 Å². The van der Waals surface area contributed by atoms with Gasteiger partial charge in [0, 0.05) is 29.6 Å². The summed E-state index contributed by atoms with van der Waals surface area (Å²) in [6.07, 6.45) is 1.51. The summed E-state index contributed by atoms with van der Waals surface area (Å²) in [5.74, 6) is 0. The third-order valence-electron chi connectivity index (χ3n) is 4.12. The predicted octanol–water partition coefficient (Wildman–Crippen LogP) is 2.82. The fourth-order valence-corrected chi connectivity index (χ4v) is 3.24. The molecule has 112 valence electrons. The Morgan fingerprint density at radius 2 is 1.80 bits per heavy atom. The third kappa shape index (κ3) is 3.82. The van der Waals surface area contributed by atoms with Gasteiger partial charge < -0.3 is 10.5 Å². The van der Waals surface area contributed by atoms with Gasteiger partial charge in [0.2, 0.25) is 0 Å². The molecule has 1 unspecified atom stereocenters. The molecule has 1 aliphatic heterocycles. The molecule has 1 saturated heterocycles. The van der Waals surface area contributed by atoms with Gasteiger partial charge in [-0.25, -0.2) is 0 Å². The van der Waals surface area contributed by atoms with Crippen LogP contribution in [0.2, 0.25) is 0 Å². The van der Waals surface area contributed by atoms with Gasteiger partial charge in [-0.1, -0.05) is 28.1 Å². The van der Waals surface area contributed by atoms with E-state index < -0.39 is 0 Å². The Hall–Kier alpha value is -0.420. The van der Waals surface area contributed by atoms with Crippen molar-refractivity contribution in [2.45, 2.75) is 44.9 Å². The SMILES string of the molecule is C[C@@H]1CN(C(C)(CN)Cc2ccc(Br)cc2)C[C@H](C)O1. The second kappa shape index (κ2) is 6.56. The van der Waals surface area contributed by atoms with E-state index in [0.29, 0.717) is 6.54 Å². The quantitative estimate of drug-likeness (QED) is 0.915. The minimum atomic E-state index is -0.0138. The molecule has 4 heteroatoms. The molecule has 0 amide bonds. The first-order valence-corrected chi connectivity index (χ1v) is 8.07. The molecule has 3 nitrogen and oxygen atoms in total. The lowest BCUT2D eigenvalue weighted by Crippen LogP contribution is -2.60. The Kier molecular flexibility index (Phi) is 5.24. The monoisotopic (exact) mass is 340 g/mol. The van der Waals surface area contributed by atoms with Crippen molar-refractivity contribution in [2.24, 2.45) is 5.73 Å². The molecule has 2 rings (SSSR count). The molecule has 1 heterocycles.